The van der Waals surface area contributed by atoms with E-state index in [1.165, 1.54) is 0 Å². The molecule has 12 heteroatoms. The summed E-state index contributed by atoms with van der Waals surface area (Å²) in [5.74, 6) is -5.43. The lowest BCUT2D eigenvalue weighted by Gasteiger charge is -2.37. The molecule has 31 heavy (non-hydrogen) atoms. The number of hydrogen-bond donors (Lipinski definition) is 0. The Morgan fingerprint density at radius 2 is 1.65 bits per heavy atom. The summed E-state index contributed by atoms with van der Waals surface area (Å²) in [6, 6.07) is 0. The van der Waals surface area contributed by atoms with E-state index in [2.05, 4.69) is 4.74 Å². The first kappa shape index (κ1) is 23.6. The first-order chi connectivity index (χ1) is 13.9. The predicted octanol–water partition coefficient (Wildman–Crippen LogP) is 3.71. The van der Waals surface area contributed by atoms with Gasteiger partial charge in [-0.25, -0.2) is 0 Å². The number of halogens is 6. The predicted molar refractivity (Wildman–Crippen MR) is 89.1 cm³/mol. The molecule has 2 bridgehead atoms. The SMILES string of the molecule is CCC(C)(C)C(=O)OC1C2CC3C1OC(=O)C3(C(=O)OC(C)(C(F)(F)F)C(F)(F)F)C2. The second-order valence-electron chi connectivity index (χ2n) is 9.17. The molecule has 6 nitrogen and oxygen atoms in total. The maximum atomic E-state index is 13.2. The highest BCUT2D eigenvalue weighted by molar-refractivity contribution is 6.03. The molecule has 0 amide bonds. The van der Waals surface area contributed by atoms with Crippen molar-refractivity contribution in [1.82, 2.24) is 0 Å². The summed E-state index contributed by atoms with van der Waals surface area (Å²) in [6.07, 6.45) is -13.9. The summed E-state index contributed by atoms with van der Waals surface area (Å²) in [7, 11) is 0. The van der Waals surface area contributed by atoms with E-state index in [9.17, 15) is 40.7 Å². The summed E-state index contributed by atoms with van der Waals surface area (Å²) in [6.45, 7) is 4.74. The van der Waals surface area contributed by atoms with Crippen LogP contribution in [0.25, 0.3) is 0 Å². The van der Waals surface area contributed by atoms with E-state index in [1.54, 1.807) is 20.8 Å². The minimum absolute atomic E-state index is 0.0742. The van der Waals surface area contributed by atoms with Gasteiger partial charge in [0.2, 0.25) is 0 Å². The van der Waals surface area contributed by atoms with Gasteiger partial charge in [0, 0.05) is 11.8 Å². The molecular weight excluding hydrogens is 438 g/mol. The zero-order valence-electron chi connectivity index (χ0n) is 17.1. The fraction of sp³-hybridized carbons (Fsp3) is 0.842. The van der Waals surface area contributed by atoms with Gasteiger partial charge in [-0.15, -0.1) is 0 Å². The molecule has 2 aliphatic carbocycles. The Morgan fingerprint density at radius 1 is 1.10 bits per heavy atom. The molecule has 3 fully saturated rings. The van der Waals surface area contributed by atoms with Crippen molar-refractivity contribution in [1.29, 1.82) is 0 Å². The van der Waals surface area contributed by atoms with Crippen molar-refractivity contribution < 1.29 is 54.9 Å². The number of rotatable bonds is 5. The monoisotopic (exact) mass is 460 g/mol. The Kier molecular flexibility index (Phi) is 5.14. The fourth-order valence-corrected chi connectivity index (χ4v) is 4.41. The summed E-state index contributed by atoms with van der Waals surface area (Å²) in [4.78, 5) is 37.5. The largest absolute Gasteiger partial charge is 0.458 e. The molecule has 1 heterocycles. The highest BCUT2D eigenvalue weighted by atomic mass is 19.4. The quantitative estimate of drug-likeness (QED) is 0.269. The van der Waals surface area contributed by atoms with Crippen molar-refractivity contribution in [3.63, 3.8) is 0 Å². The standard InChI is InChI=1S/C19H22F6O6/c1-5-15(2,3)12(26)29-10-8-6-9-11(10)30-13(27)17(9,7-8)14(28)31-16(4,18(20,21)22)19(23,24)25/h8-11H,5-7H2,1-4H3. The topological polar surface area (TPSA) is 78.9 Å². The van der Waals surface area contributed by atoms with Crippen molar-refractivity contribution in [2.45, 2.75) is 77.1 Å². The van der Waals surface area contributed by atoms with Crippen LogP contribution in [0.3, 0.4) is 0 Å². The van der Waals surface area contributed by atoms with Crippen LogP contribution in [0.5, 0.6) is 0 Å². The van der Waals surface area contributed by atoms with Gasteiger partial charge in [-0.05, 0) is 40.0 Å². The molecule has 1 aliphatic heterocycles. The van der Waals surface area contributed by atoms with Crippen molar-refractivity contribution >= 4 is 17.9 Å². The third-order valence-electron chi connectivity index (χ3n) is 6.99. The van der Waals surface area contributed by atoms with E-state index in [4.69, 9.17) is 9.47 Å². The van der Waals surface area contributed by atoms with Gasteiger partial charge >= 0.3 is 30.3 Å². The molecule has 0 radical (unpaired) electrons. The summed E-state index contributed by atoms with van der Waals surface area (Å²) >= 11 is 0. The van der Waals surface area contributed by atoms with Gasteiger partial charge in [0.25, 0.3) is 5.60 Å². The first-order valence-corrected chi connectivity index (χ1v) is 9.71. The summed E-state index contributed by atoms with van der Waals surface area (Å²) in [5, 5.41) is 0. The minimum atomic E-state index is -5.96. The van der Waals surface area contributed by atoms with E-state index < -0.39 is 77.2 Å². The minimum Gasteiger partial charge on any atom is -0.458 e. The molecule has 0 aromatic carbocycles. The normalized spacial score (nSPS) is 32.8. The van der Waals surface area contributed by atoms with Crippen LogP contribution >= 0.6 is 0 Å². The lowest BCUT2D eigenvalue weighted by molar-refractivity contribution is -0.364. The molecule has 3 rings (SSSR count). The van der Waals surface area contributed by atoms with E-state index in [1.807, 2.05) is 0 Å². The van der Waals surface area contributed by atoms with Crippen LogP contribution in [-0.4, -0.2) is 48.1 Å². The van der Waals surface area contributed by atoms with Crippen molar-refractivity contribution in [2.75, 3.05) is 0 Å². The van der Waals surface area contributed by atoms with E-state index in [0.717, 1.165) is 0 Å². The van der Waals surface area contributed by atoms with Crippen molar-refractivity contribution in [3.8, 4) is 0 Å². The third kappa shape index (κ3) is 3.19. The lowest BCUT2D eigenvalue weighted by atomic mass is 9.73. The third-order valence-corrected chi connectivity index (χ3v) is 6.99. The lowest BCUT2D eigenvalue weighted by Crippen LogP contribution is -2.59. The van der Waals surface area contributed by atoms with E-state index >= 15 is 0 Å². The molecule has 0 aromatic rings. The zero-order valence-corrected chi connectivity index (χ0v) is 17.1. The van der Waals surface area contributed by atoms with Gasteiger partial charge in [0.1, 0.15) is 12.2 Å². The highest BCUT2D eigenvalue weighted by Gasteiger charge is 2.78. The molecule has 0 N–H and O–H groups in total. The molecule has 0 spiro atoms. The van der Waals surface area contributed by atoms with Crippen LogP contribution in [0.4, 0.5) is 26.3 Å². The molecule has 5 unspecified atom stereocenters. The number of hydrogen-bond acceptors (Lipinski definition) is 6. The van der Waals surface area contributed by atoms with Crippen LogP contribution in [0, 0.1) is 22.7 Å². The van der Waals surface area contributed by atoms with E-state index in [-0.39, 0.29) is 13.3 Å². The number of carbonyl (C=O) groups is 3. The Balaban J connectivity index is 1.86. The maximum absolute atomic E-state index is 13.2. The summed E-state index contributed by atoms with van der Waals surface area (Å²) < 4.78 is 93.5. The van der Waals surface area contributed by atoms with Crippen LogP contribution in [0.15, 0.2) is 0 Å². The number of carbonyl (C=O) groups excluding carboxylic acids is 3. The molecule has 0 aromatic heterocycles. The van der Waals surface area contributed by atoms with Crippen LogP contribution in [0.2, 0.25) is 0 Å². The van der Waals surface area contributed by atoms with E-state index in [0.29, 0.717) is 6.42 Å². The Bertz CT molecular complexity index is 789. The first-order valence-electron chi connectivity index (χ1n) is 9.71. The second kappa shape index (κ2) is 6.74. The number of alkyl halides is 6. The van der Waals surface area contributed by atoms with Crippen molar-refractivity contribution in [3.05, 3.63) is 0 Å². The van der Waals surface area contributed by atoms with Gasteiger partial charge in [0.05, 0.1) is 5.41 Å². The fourth-order valence-electron chi connectivity index (χ4n) is 4.41. The molecular formula is C19H22F6O6. The van der Waals surface area contributed by atoms with Crippen molar-refractivity contribution in [2.24, 2.45) is 22.7 Å². The number of ether oxygens (including phenoxy) is 3. The molecule has 5 atom stereocenters. The summed E-state index contributed by atoms with van der Waals surface area (Å²) in [5.41, 5.74) is -7.92. The van der Waals surface area contributed by atoms with Gasteiger partial charge in [-0.2, -0.15) is 26.3 Å². The van der Waals surface area contributed by atoms with Gasteiger partial charge in [0.15, 0.2) is 5.41 Å². The average molecular weight is 460 g/mol. The molecule has 3 aliphatic rings. The average Bonchev–Trinajstić information content (AvgIpc) is 3.22. The van der Waals surface area contributed by atoms with Crippen LogP contribution in [0.1, 0.15) is 47.0 Å². The molecule has 1 saturated heterocycles. The second-order valence-corrected chi connectivity index (χ2v) is 9.17. The zero-order chi connectivity index (χ0) is 23.8. The van der Waals surface area contributed by atoms with Gasteiger partial charge in [-0.1, -0.05) is 6.92 Å². The van der Waals surface area contributed by atoms with Crippen LogP contribution in [-0.2, 0) is 28.6 Å². The highest BCUT2D eigenvalue weighted by Crippen LogP contribution is 2.64. The maximum Gasteiger partial charge on any atom is 0.437 e. The number of esters is 3. The number of fused-ring (bicyclic) bond motifs is 1. The van der Waals surface area contributed by atoms with Gasteiger partial charge in [-0.3, -0.25) is 14.4 Å². The Hall–Kier alpha value is -2.01. The Morgan fingerprint density at radius 3 is 2.13 bits per heavy atom. The smallest absolute Gasteiger partial charge is 0.437 e. The van der Waals surface area contributed by atoms with Crippen LogP contribution < -0.4 is 0 Å². The van der Waals surface area contributed by atoms with Gasteiger partial charge < -0.3 is 14.2 Å². The Labute approximate surface area is 173 Å². The molecule has 2 saturated carbocycles. The molecule has 176 valence electrons.